The van der Waals surface area contributed by atoms with Crippen LogP contribution < -0.4 is 10.1 Å². The van der Waals surface area contributed by atoms with Crippen molar-refractivity contribution in [1.29, 1.82) is 0 Å². The maximum atomic E-state index is 13.0. The van der Waals surface area contributed by atoms with Crippen molar-refractivity contribution < 1.29 is 13.9 Å². The van der Waals surface area contributed by atoms with E-state index in [1.165, 1.54) is 12.1 Å². The minimum atomic E-state index is -0.453. The highest BCUT2D eigenvalue weighted by atomic mass is 35.5. The molecule has 0 unspecified atom stereocenters. The van der Waals surface area contributed by atoms with Crippen molar-refractivity contribution in [2.45, 2.75) is 20.3 Å². The van der Waals surface area contributed by atoms with Crippen LogP contribution in [0, 0.1) is 19.7 Å². The number of halogens is 2. The SMILES string of the molecule is Cc1cc(C)n(-c2ccc(CCNC(=O)COc3ccc(F)cc3Cl)cc2)n1. The fraction of sp³-hybridized carbons (Fsp3) is 0.238. The van der Waals surface area contributed by atoms with Crippen LogP contribution in [0.4, 0.5) is 4.39 Å². The van der Waals surface area contributed by atoms with Crippen LogP contribution in [0.15, 0.2) is 48.5 Å². The van der Waals surface area contributed by atoms with E-state index in [2.05, 4.69) is 10.4 Å². The summed E-state index contributed by atoms with van der Waals surface area (Å²) >= 11 is 5.86. The Morgan fingerprint density at radius 1 is 1.18 bits per heavy atom. The van der Waals surface area contributed by atoms with Gasteiger partial charge in [-0.25, -0.2) is 9.07 Å². The average molecular weight is 402 g/mol. The summed E-state index contributed by atoms with van der Waals surface area (Å²) < 4.78 is 20.2. The topological polar surface area (TPSA) is 56.2 Å². The zero-order chi connectivity index (χ0) is 20.1. The van der Waals surface area contributed by atoms with Crippen molar-refractivity contribution in [1.82, 2.24) is 15.1 Å². The molecule has 5 nitrogen and oxygen atoms in total. The highest BCUT2D eigenvalue weighted by Crippen LogP contribution is 2.24. The minimum Gasteiger partial charge on any atom is -0.482 e. The van der Waals surface area contributed by atoms with Gasteiger partial charge in [0.1, 0.15) is 11.6 Å². The number of aromatic nitrogens is 2. The van der Waals surface area contributed by atoms with Gasteiger partial charge < -0.3 is 10.1 Å². The average Bonchev–Trinajstić information content (AvgIpc) is 3.00. The van der Waals surface area contributed by atoms with Gasteiger partial charge in [-0.1, -0.05) is 23.7 Å². The Morgan fingerprint density at radius 3 is 2.57 bits per heavy atom. The van der Waals surface area contributed by atoms with Gasteiger partial charge in [0.2, 0.25) is 0 Å². The lowest BCUT2D eigenvalue weighted by molar-refractivity contribution is -0.123. The molecule has 1 aromatic heterocycles. The molecule has 0 saturated heterocycles. The van der Waals surface area contributed by atoms with Crippen molar-refractivity contribution in [3.05, 3.63) is 76.3 Å². The normalized spacial score (nSPS) is 10.7. The van der Waals surface area contributed by atoms with E-state index in [0.717, 1.165) is 28.7 Å². The number of aryl methyl sites for hydroxylation is 2. The summed E-state index contributed by atoms with van der Waals surface area (Å²) in [7, 11) is 0. The Balaban J connectivity index is 1.45. The monoisotopic (exact) mass is 401 g/mol. The summed E-state index contributed by atoms with van der Waals surface area (Å²) in [6.45, 7) is 4.29. The number of ether oxygens (including phenoxy) is 1. The molecular formula is C21H21ClFN3O2. The van der Waals surface area contributed by atoms with Crippen molar-refractivity contribution in [3.8, 4) is 11.4 Å². The Bertz CT molecular complexity index is 970. The van der Waals surface area contributed by atoms with Crippen molar-refractivity contribution in [2.24, 2.45) is 0 Å². The third-order valence-corrected chi connectivity index (χ3v) is 4.47. The molecule has 1 heterocycles. The molecule has 28 heavy (non-hydrogen) atoms. The molecule has 2 aromatic carbocycles. The summed E-state index contributed by atoms with van der Waals surface area (Å²) in [5.74, 6) is -0.441. The first kappa shape index (κ1) is 19.9. The van der Waals surface area contributed by atoms with Crippen LogP contribution in [0.25, 0.3) is 5.69 Å². The molecule has 3 rings (SSSR count). The predicted octanol–water partition coefficient (Wildman–Crippen LogP) is 4.02. The summed E-state index contributed by atoms with van der Waals surface area (Å²) in [5.41, 5.74) is 4.17. The van der Waals surface area contributed by atoms with Crippen LogP contribution in [0.1, 0.15) is 17.0 Å². The minimum absolute atomic E-state index is 0.135. The zero-order valence-electron chi connectivity index (χ0n) is 15.7. The van der Waals surface area contributed by atoms with Gasteiger partial charge >= 0.3 is 0 Å². The lowest BCUT2D eigenvalue weighted by atomic mass is 10.1. The molecule has 7 heteroatoms. The summed E-state index contributed by atoms with van der Waals surface area (Å²) in [4.78, 5) is 11.9. The smallest absolute Gasteiger partial charge is 0.257 e. The number of carbonyl (C=O) groups excluding carboxylic acids is 1. The highest BCUT2D eigenvalue weighted by molar-refractivity contribution is 6.32. The van der Waals surface area contributed by atoms with Gasteiger partial charge in [0.15, 0.2) is 6.61 Å². The second-order valence-electron chi connectivity index (χ2n) is 6.47. The number of hydrogen-bond acceptors (Lipinski definition) is 3. The number of carbonyl (C=O) groups is 1. The summed E-state index contributed by atoms with van der Waals surface area (Å²) in [6, 6.07) is 13.9. The van der Waals surface area contributed by atoms with Crippen LogP contribution in [0.5, 0.6) is 5.75 Å². The van der Waals surface area contributed by atoms with Crippen LogP contribution >= 0.6 is 11.6 Å². The number of nitrogens with zero attached hydrogens (tertiary/aromatic N) is 2. The third kappa shape index (κ3) is 5.10. The number of benzene rings is 2. The molecule has 0 aliphatic carbocycles. The van der Waals surface area contributed by atoms with Crippen molar-refractivity contribution >= 4 is 17.5 Å². The van der Waals surface area contributed by atoms with Crippen LogP contribution in [-0.4, -0.2) is 28.8 Å². The van der Waals surface area contributed by atoms with E-state index in [0.29, 0.717) is 13.0 Å². The van der Waals surface area contributed by atoms with Crippen LogP contribution in [-0.2, 0) is 11.2 Å². The molecule has 0 spiro atoms. The molecule has 0 radical (unpaired) electrons. The highest BCUT2D eigenvalue weighted by Gasteiger charge is 2.07. The second kappa shape index (κ2) is 8.89. The molecule has 0 atom stereocenters. The molecule has 0 aliphatic heterocycles. The van der Waals surface area contributed by atoms with Gasteiger partial charge in [-0.15, -0.1) is 0 Å². The molecule has 0 saturated carbocycles. The zero-order valence-corrected chi connectivity index (χ0v) is 16.5. The largest absolute Gasteiger partial charge is 0.482 e. The molecule has 0 aliphatic rings. The lowest BCUT2D eigenvalue weighted by Crippen LogP contribution is -2.30. The van der Waals surface area contributed by atoms with E-state index in [1.807, 2.05) is 48.9 Å². The fourth-order valence-electron chi connectivity index (χ4n) is 2.83. The maximum Gasteiger partial charge on any atom is 0.257 e. The molecule has 146 valence electrons. The van der Waals surface area contributed by atoms with Gasteiger partial charge in [-0.3, -0.25) is 4.79 Å². The molecule has 0 bridgehead atoms. The van der Waals surface area contributed by atoms with Gasteiger partial charge in [0.05, 0.1) is 16.4 Å². The molecule has 0 fully saturated rings. The number of hydrogen-bond donors (Lipinski definition) is 1. The molecule has 1 N–H and O–H groups in total. The number of nitrogens with one attached hydrogen (secondary N) is 1. The van der Waals surface area contributed by atoms with Crippen molar-refractivity contribution in [2.75, 3.05) is 13.2 Å². The van der Waals surface area contributed by atoms with E-state index >= 15 is 0 Å². The predicted molar refractivity (Wildman–Crippen MR) is 107 cm³/mol. The third-order valence-electron chi connectivity index (χ3n) is 4.18. The van der Waals surface area contributed by atoms with Crippen molar-refractivity contribution in [3.63, 3.8) is 0 Å². The van der Waals surface area contributed by atoms with E-state index in [-0.39, 0.29) is 23.3 Å². The fourth-order valence-corrected chi connectivity index (χ4v) is 3.05. The lowest BCUT2D eigenvalue weighted by Gasteiger charge is -2.09. The molecule has 1 amide bonds. The van der Waals surface area contributed by atoms with E-state index in [1.54, 1.807) is 0 Å². The van der Waals surface area contributed by atoms with Gasteiger partial charge in [0.25, 0.3) is 5.91 Å². The number of amides is 1. The first-order chi connectivity index (χ1) is 13.4. The van der Waals surface area contributed by atoms with Crippen LogP contribution in [0.2, 0.25) is 5.02 Å². The quantitative estimate of drug-likeness (QED) is 0.650. The van der Waals surface area contributed by atoms with Gasteiger partial charge in [-0.2, -0.15) is 5.10 Å². The van der Waals surface area contributed by atoms with Crippen LogP contribution in [0.3, 0.4) is 0 Å². The second-order valence-corrected chi connectivity index (χ2v) is 6.88. The van der Waals surface area contributed by atoms with E-state index < -0.39 is 5.82 Å². The molecule has 3 aromatic rings. The Hall–Kier alpha value is -2.86. The van der Waals surface area contributed by atoms with E-state index in [9.17, 15) is 9.18 Å². The van der Waals surface area contributed by atoms with E-state index in [4.69, 9.17) is 16.3 Å². The Kier molecular flexibility index (Phi) is 6.31. The maximum absolute atomic E-state index is 13.0. The Labute approximate surface area is 168 Å². The first-order valence-electron chi connectivity index (χ1n) is 8.89. The standard InChI is InChI=1S/C21H21ClFN3O2/c1-14-11-15(2)26(25-14)18-6-3-16(4-7-18)9-10-24-21(27)13-28-20-8-5-17(23)12-19(20)22/h3-8,11-12H,9-10,13H2,1-2H3,(H,24,27). The summed E-state index contributed by atoms with van der Waals surface area (Å²) in [6.07, 6.45) is 0.695. The first-order valence-corrected chi connectivity index (χ1v) is 9.27. The Morgan fingerprint density at radius 2 is 1.93 bits per heavy atom. The van der Waals surface area contributed by atoms with Gasteiger partial charge in [0, 0.05) is 12.2 Å². The molecular weight excluding hydrogens is 381 g/mol. The van der Waals surface area contributed by atoms with Gasteiger partial charge in [-0.05, 0) is 62.2 Å². The summed E-state index contributed by atoms with van der Waals surface area (Å²) in [5, 5.41) is 7.39. The number of rotatable bonds is 7.